The molecule has 1 atom stereocenters. The summed E-state index contributed by atoms with van der Waals surface area (Å²) in [6.07, 6.45) is 0.223. The highest BCUT2D eigenvalue weighted by molar-refractivity contribution is 7.92. The first kappa shape index (κ1) is 33.6. The number of amides is 2. The lowest BCUT2D eigenvalue weighted by molar-refractivity contribution is -0.140. The Labute approximate surface area is 270 Å². The summed E-state index contributed by atoms with van der Waals surface area (Å²) in [6, 6.07) is 30.2. The third-order valence-electron chi connectivity index (χ3n) is 7.00. The molecule has 0 aromatic heterocycles. The van der Waals surface area contributed by atoms with E-state index in [0.717, 1.165) is 15.4 Å². The topological polar surface area (TPSA) is 96.0 Å². The number of rotatable bonds is 12. The van der Waals surface area contributed by atoms with Crippen molar-refractivity contribution in [2.24, 2.45) is 0 Å². The van der Waals surface area contributed by atoms with E-state index in [9.17, 15) is 18.0 Å². The summed E-state index contributed by atoms with van der Waals surface area (Å²) in [5.41, 5.74) is 1.25. The van der Waals surface area contributed by atoms with Gasteiger partial charge in [-0.1, -0.05) is 90.5 Å². The van der Waals surface area contributed by atoms with Gasteiger partial charge in [-0.05, 0) is 62.2 Å². The van der Waals surface area contributed by atoms with Crippen LogP contribution in [-0.4, -0.2) is 50.4 Å². The molecule has 0 radical (unpaired) electrons. The summed E-state index contributed by atoms with van der Waals surface area (Å²) in [6.45, 7) is 5.11. The third-order valence-corrected chi connectivity index (χ3v) is 9.08. The van der Waals surface area contributed by atoms with Crippen molar-refractivity contribution in [1.82, 2.24) is 10.2 Å². The van der Waals surface area contributed by atoms with E-state index in [1.54, 1.807) is 24.3 Å². The maximum atomic E-state index is 14.5. The van der Waals surface area contributed by atoms with Gasteiger partial charge in [0.05, 0.1) is 22.7 Å². The Morgan fingerprint density at radius 3 is 1.93 bits per heavy atom. The van der Waals surface area contributed by atoms with Gasteiger partial charge in [-0.25, -0.2) is 8.42 Å². The minimum Gasteiger partial charge on any atom is -0.495 e. The van der Waals surface area contributed by atoms with Crippen molar-refractivity contribution < 1.29 is 22.7 Å². The number of halogens is 1. The fourth-order valence-electron chi connectivity index (χ4n) is 4.85. The number of benzene rings is 4. The smallest absolute Gasteiger partial charge is 0.264 e. The first-order valence-electron chi connectivity index (χ1n) is 14.5. The molecule has 4 aromatic rings. The van der Waals surface area contributed by atoms with E-state index in [4.69, 9.17) is 16.3 Å². The number of hydrogen-bond acceptors (Lipinski definition) is 5. The Balaban J connectivity index is 1.82. The standard InChI is InChI=1S/C35H38ClN3O5S/c1-35(2,3)37-34(41)31(22-26-14-8-5-9-15-26)38(24-27-16-10-6-11-17-27)33(40)25-39(28-20-21-32(44-4)30(36)23-28)45(42,43)29-18-12-7-13-19-29/h5-21,23,31H,22,24-25H2,1-4H3,(H,37,41)/t31-/m1/s1. The van der Waals surface area contributed by atoms with Gasteiger partial charge in [0, 0.05) is 18.5 Å². The van der Waals surface area contributed by atoms with Crippen LogP contribution in [0.25, 0.3) is 0 Å². The lowest BCUT2D eigenvalue weighted by atomic mass is 10.0. The average Bonchev–Trinajstić information content (AvgIpc) is 3.02. The van der Waals surface area contributed by atoms with Gasteiger partial charge in [0.2, 0.25) is 11.8 Å². The molecule has 4 aromatic carbocycles. The SMILES string of the molecule is COc1ccc(N(CC(=O)N(Cc2ccccc2)[C@H](Cc2ccccc2)C(=O)NC(C)(C)C)S(=O)(=O)c2ccccc2)cc1Cl. The Bertz CT molecular complexity index is 1700. The molecular formula is C35H38ClN3O5S. The minimum atomic E-state index is -4.24. The number of carbonyl (C=O) groups excluding carboxylic acids is 2. The van der Waals surface area contributed by atoms with Gasteiger partial charge in [0.15, 0.2) is 0 Å². The Morgan fingerprint density at radius 2 is 1.40 bits per heavy atom. The summed E-state index contributed by atoms with van der Waals surface area (Å²) in [7, 11) is -2.78. The number of methoxy groups -OCH3 is 1. The predicted molar refractivity (Wildman–Crippen MR) is 178 cm³/mol. The molecule has 4 rings (SSSR count). The van der Waals surface area contributed by atoms with Crippen LogP contribution < -0.4 is 14.4 Å². The number of anilines is 1. The summed E-state index contributed by atoms with van der Waals surface area (Å²) < 4.78 is 34.5. The van der Waals surface area contributed by atoms with E-state index in [0.29, 0.717) is 5.75 Å². The van der Waals surface area contributed by atoms with E-state index < -0.39 is 34.1 Å². The lowest BCUT2D eigenvalue weighted by Crippen LogP contribution is -2.56. The second kappa shape index (κ2) is 14.6. The van der Waals surface area contributed by atoms with Crippen molar-refractivity contribution in [1.29, 1.82) is 0 Å². The number of nitrogens with one attached hydrogen (secondary N) is 1. The van der Waals surface area contributed by atoms with E-state index in [1.807, 2.05) is 81.4 Å². The summed E-state index contributed by atoms with van der Waals surface area (Å²) in [4.78, 5) is 29.9. The maximum Gasteiger partial charge on any atom is 0.264 e. The van der Waals surface area contributed by atoms with E-state index in [1.165, 1.54) is 36.3 Å². The quantitative estimate of drug-likeness (QED) is 0.201. The molecule has 0 aliphatic heterocycles. The molecule has 0 fully saturated rings. The molecule has 8 nitrogen and oxygen atoms in total. The number of nitrogens with zero attached hydrogens (tertiary/aromatic N) is 2. The molecule has 2 amide bonds. The molecule has 0 saturated carbocycles. The van der Waals surface area contributed by atoms with Crippen LogP contribution in [0.1, 0.15) is 31.9 Å². The van der Waals surface area contributed by atoms with Crippen LogP contribution in [0.15, 0.2) is 114 Å². The zero-order valence-corrected chi connectivity index (χ0v) is 27.4. The van der Waals surface area contributed by atoms with Crippen molar-refractivity contribution in [3.8, 4) is 5.75 Å². The Kier molecular flexibility index (Phi) is 10.9. The second-order valence-electron chi connectivity index (χ2n) is 11.6. The third kappa shape index (κ3) is 8.86. The summed E-state index contributed by atoms with van der Waals surface area (Å²) in [5.74, 6) is -0.549. The molecule has 236 valence electrons. The molecule has 0 aliphatic carbocycles. The normalized spacial score (nSPS) is 12.2. The van der Waals surface area contributed by atoms with Crippen LogP contribution in [0.3, 0.4) is 0 Å². The minimum absolute atomic E-state index is 0.00524. The van der Waals surface area contributed by atoms with E-state index in [2.05, 4.69) is 5.32 Å². The largest absolute Gasteiger partial charge is 0.495 e. The van der Waals surface area contributed by atoms with Crippen molar-refractivity contribution in [2.45, 2.75) is 50.2 Å². The zero-order valence-electron chi connectivity index (χ0n) is 25.8. The van der Waals surface area contributed by atoms with Gasteiger partial charge in [0.25, 0.3) is 10.0 Å². The lowest BCUT2D eigenvalue weighted by Gasteiger charge is -2.35. The Morgan fingerprint density at radius 1 is 0.844 bits per heavy atom. The van der Waals surface area contributed by atoms with Crippen molar-refractivity contribution in [3.63, 3.8) is 0 Å². The highest BCUT2D eigenvalue weighted by atomic mass is 35.5. The molecule has 10 heteroatoms. The molecule has 0 aliphatic rings. The molecule has 0 spiro atoms. The molecule has 1 N–H and O–H groups in total. The summed E-state index contributed by atoms with van der Waals surface area (Å²) in [5, 5.41) is 3.21. The number of carbonyl (C=O) groups is 2. The van der Waals surface area contributed by atoms with Crippen LogP contribution in [0, 0.1) is 0 Å². The molecule has 0 heterocycles. The van der Waals surface area contributed by atoms with Crippen molar-refractivity contribution in [3.05, 3.63) is 125 Å². The van der Waals surface area contributed by atoms with Gasteiger partial charge in [-0.2, -0.15) is 0 Å². The van der Waals surface area contributed by atoms with Gasteiger partial charge in [-0.3, -0.25) is 13.9 Å². The molecule has 45 heavy (non-hydrogen) atoms. The van der Waals surface area contributed by atoms with E-state index in [-0.39, 0.29) is 34.5 Å². The van der Waals surface area contributed by atoms with Crippen LogP contribution in [0.2, 0.25) is 5.02 Å². The predicted octanol–water partition coefficient (Wildman–Crippen LogP) is 6.10. The van der Waals surface area contributed by atoms with Crippen molar-refractivity contribution in [2.75, 3.05) is 18.0 Å². The highest BCUT2D eigenvalue weighted by Crippen LogP contribution is 2.32. The van der Waals surface area contributed by atoms with Gasteiger partial charge >= 0.3 is 0 Å². The second-order valence-corrected chi connectivity index (χ2v) is 13.9. The molecule has 0 saturated heterocycles. The molecule has 0 bridgehead atoms. The summed E-state index contributed by atoms with van der Waals surface area (Å²) >= 11 is 6.43. The van der Waals surface area contributed by atoms with Gasteiger partial charge in [0.1, 0.15) is 18.3 Å². The highest BCUT2D eigenvalue weighted by Gasteiger charge is 2.35. The van der Waals surface area contributed by atoms with E-state index >= 15 is 0 Å². The van der Waals surface area contributed by atoms with Crippen LogP contribution >= 0.6 is 11.6 Å². The van der Waals surface area contributed by atoms with Crippen LogP contribution in [0.4, 0.5) is 5.69 Å². The van der Waals surface area contributed by atoms with Crippen LogP contribution in [-0.2, 0) is 32.6 Å². The first-order chi connectivity index (χ1) is 21.4. The fourth-order valence-corrected chi connectivity index (χ4v) is 6.52. The number of sulfonamides is 1. The molecular weight excluding hydrogens is 610 g/mol. The van der Waals surface area contributed by atoms with Gasteiger partial charge < -0.3 is 15.0 Å². The van der Waals surface area contributed by atoms with Crippen LogP contribution in [0.5, 0.6) is 5.75 Å². The Hall–Kier alpha value is -4.34. The number of hydrogen-bond donors (Lipinski definition) is 1. The first-order valence-corrected chi connectivity index (χ1v) is 16.3. The van der Waals surface area contributed by atoms with Crippen molar-refractivity contribution >= 4 is 39.1 Å². The van der Waals surface area contributed by atoms with Gasteiger partial charge in [-0.15, -0.1) is 0 Å². The fraction of sp³-hybridized carbons (Fsp3) is 0.257. The monoisotopic (exact) mass is 647 g/mol. The maximum absolute atomic E-state index is 14.5. The number of ether oxygens (including phenoxy) is 1. The zero-order chi connectivity index (χ0) is 32.6. The molecule has 0 unspecified atom stereocenters. The average molecular weight is 648 g/mol.